The number of nitrogens with one attached hydrogen (secondary N) is 1. The van der Waals surface area contributed by atoms with Crippen molar-refractivity contribution >= 4 is 0 Å². The number of aromatic amines is 1. The predicted molar refractivity (Wildman–Crippen MR) is 55.6 cm³/mol. The van der Waals surface area contributed by atoms with E-state index in [1.807, 2.05) is 0 Å². The smallest absolute Gasteiger partial charge is 0.0877 e. The molecule has 1 heterocycles. The zero-order chi connectivity index (χ0) is 10.5. The van der Waals surface area contributed by atoms with E-state index >= 15 is 0 Å². The molecule has 0 spiro atoms. The van der Waals surface area contributed by atoms with E-state index in [0.717, 1.165) is 11.6 Å². The molecule has 0 aliphatic carbocycles. The second kappa shape index (κ2) is 5.00. The lowest BCUT2D eigenvalue weighted by molar-refractivity contribution is 0.567. The van der Waals surface area contributed by atoms with E-state index in [1.165, 1.54) is 0 Å². The van der Waals surface area contributed by atoms with Gasteiger partial charge in [0, 0.05) is 5.41 Å². The van der Waals surface area contributed by atoms with Crippen LogP contribution in [0.5, 0.6) is 0 Å². The lowest BCUT2D eigenvalue weighted by atomic mass is 9.93. The summed E-state index contributed by atoms with van der Waals surface area (Å²) in [5, 5.41) is 10.2. The Balaban J connectivity index is 0.000000310. The van der Waals surface area contributed by atoms with Crippen LogP contribution in [0.3, 0.4) is 0 Å². The van der Waals surface area contributed by atoms with E-state index in [2.05, 4.69) is 57.0 Å². The van der Waals surface area contributed by atoms with Crippen LogP contribution in [0.15, 0.2) is 6.20 Å². The minimum atomic E-state index is 0.118. The molecule has 0 bridgehead atoms. The summed E-state index contributed by atoms with van der Waals surface area (Å²) in [7, 11) is 0. The number of nitrogens with zero attached hydrogens (tertiary/aromatic N) is 2. The normalized spacial score (nSPS) is 11.0. The van der Waals surface area contributed by atoms with Gasteiger partial charge in [0.15, 0.2) is 0 Å². The van der Waals surface area contributed by atoms with Crippen LogP contribution in [0.4, 0.5) is 0 Å². The molecule has 1 aromatic rings. The van der Waals surface area contributed by atoms with Crippen molar-refractivity contribution in [3.8, 4) is 0 Å². The van der Waals surface area contributed by atoms with Gasteiger partial charge in [0.05, 0.1) is 11.9 Å². The second-order valence-corrected chi connectivity index (χ2v) is 4.84. The fourth-order valence-electron chi connectivity index (χ4n) is 0.563. The Hall–Kier alpha value is -0.860. The molecular weight excluding hydrogens is 162 g/mol. The zero-order valence-corrected chi connectivity index (χ0v) is 9.55. The van der Waals surface area contributed by atoms with Crippen molar-refractivity contribution in [3.05, 3.63) is 11.9 Å². The Morgan fingerprint density at radius 3 is 1.85 bits per heavy atom. The Labute approximate surface area is 80.9 Å². The minimum absolute atomic E-state index is 0.118. The Bertz CT molecular complexity index is 204. The highest BCUT2D eigenvalue weighted by Gasteiger charge is 2.15. The van der Waals surface area contributed by atoms with Crippen LogP contribution in [0.2, 0.25) is 0 Å². The first-order valence-electron chi connectivity index (χ1n) is 4.70. The first-order valence-corrected chi connectivity index (χ1v) is 4.70. The van der Waals surface area contributed by atoms with Crippen molar-refractivity contribution in [1.82, 2.24) is 15.4 Å². The topological polar surface area (TPSA) is 41.6 Å². The molecule has 0 aromatic carbocycles. The summed E-state index contributed by atoms with van der Waals surface area (Å²) in [5.74, 6) is 0.833. The Kier molecular flexibility index (Phi) is 4.67. The third-order valence-corrected chi connectivity index (χ3v) is 1.18. The maximum Gasteiger partial charge on any atom is 0.0877 e. The van der Waals surface area contributed by atoms with E-state index in [-0.39, 0.29) is 5.41 Å². The first kappa shape index (κ1) is 12.1. The van der Waals surface area contributed by atoms with Gasteiger partial charge in [-0.2, -0.15) is 15.4 Å². The van der Waals surface area contributed by atoms with Gasteiger partial charge in [0.1, 0.15) is 0 Å². The number of hydrogen-bond donors (Lipinski definition) is 1. The maximum absolute atomic E-state index is 3.95. The van der Waals surface area contributed by atoms with E-state index in [4.69, 9.17) is 0 Å². The SMILES string of the molecule is CC(C)(C)c1cn[nH]n1.CC(C)C. The molecule has 1 aromatic heterocycles. The van der Waals surface area contributed by atoms with Gasteiger partial charge in [0.25, 0.3) is 0 Å². The molecule has 0 aliphatic rings. The molecule has 0 unspecified atom stereocenters. The van der Waals surface area contributed by atoms with Gasteiger partial charge in [-0.25, -0.2) is 0 Å². The summed E-state index contributed by atoms with van der Waals surface area (Å²) in [6, 6.07) is 0. The average molecular weight is 183 g/mol. The lowest BCUT2D eigenvalue weighted by Gasteiger charge is -2.12. The van der Waals surface area contributed by atoms with E-state index < -0.39 is 0 Å². The molecule has 3 nitrogen and oxygen atoms in total. The number of rotatable bonds is 0. The number of H-pyrrole nitrogens is 1. The van der Waals surface area contributed by atoms with E-state index in [1.54, 1.807) is 6.20 Å². The highest BCUT2D eigenvalue weighted by atomic mass is 15.3. The van der Waals surface area contributed by atoms with Gasteiger partial charge in [-0.3, -0.25) is 0 Å². The molecule has 13 heavy (non-hydrogen) atoms. The highest BCUT2D eigenvalue weighted by Crippen LogP contribution is 2.17. The van der Waals surface area contributed by atoms with Gasteiger partial charge >= 0.3 is 0 Å². The van der Waals surface area contributed by atoms with Gasteiger partial charge in [-0.1, -0.05) is 41.5 Å². The third kappa shape index (κ3) is 6.31. The predicted octanol–water partition coefficient (Wildman–Crippen LogP) is 2.76. The number of hydrogen-bond acceptors (Lipinski definition) is 2. The summed E-state index contributed by atoms with van der Waals surface area (Å²) >= 11 is 0. The van der Waals surface area contributed by atoms with Gasteiger partial charge in [0.2, 0.25) is 0 Å². The summed E-state index contributed by atoms with van der Waals surface area (Å²) in [5.41, 5.74) is 1.12. The summed E-state index contributed by atoms with van der Waals surface area (Å²) < 4.78 is 0. The van der Waals surface area contributed by atoms with Crippen molar-refractivity contribution in [2.24, 2.45) is 5.92 Å². The zero-order valence-electron chi connectivity index (χ0n) is 9.55. The lowest BCUT2D eigenvalue weighted by Crippen LogP contribution is -2.11. The molecule has 76 valence electrons. The van der Waals surface area contributed by atoms with Crippen molar-refractivity contribution < 1.29 is 0 Å². The van der Waals surface area contributed by atoms with Crippen LogP contribution in [0, 0.1) is 5.92 Å². The first-order chi connectivity index (χ1) is 5.84. The fourth-order valence-corrected chi connectivity index (χ4v) is 0.563. The largest absolute Gasteiger partial charge is 0.198 e. The summed E-state index contributed by atoms with van der Waals surface area (Å²) in [6.45, 7) is 12.8. The molecule has 0 fully saturated rings. The molecule has 3 heteroatoms. The molecular formula is C10H21N3. The van der Waals surface area contributed by atoms with Crippen LogP contribution in [-0.2, 0) is 5.41 Å². The molecule has 1 rings (SSSR count). The number of aromatic nitrogens is 3. The van der Waals surface area contributed by atoms with Crippen LogP contribution in [0.25, 0.3) is 0 Å². The van der Waals surface area contributed by atoms with Gasteiger partial charge in [-0.05, 0) is 5.92 Å². The van der Waals surface area contributed by atoms with Crippen LogP contribution in [-0.4, -0.2) is 15.4 Å². The van der Waals surface area contributed by atoms with Crippen LogP contribution >= 0.6 is 0 Å². The van der Waals surface area contributed by atoms with E-state index in [0.29, 0.717) is 0 Å². The van der Waals surface area contributed by atoms with Gasteiger partial charge < -0.3 is 0 Å². The molecule has 0 saturated carbocycles. The molecule has 0 radical (unpaired) electrons. The van der Waals surface area contributed by atoms with Crippen LogP contribution < -0.4 is 0 Å². The monoisotopic (exact) mass is 183 g/mol. The maximum atomic E-state index is 3.95. The second-order valence-electron chi connectivity index (χ2n) is 4.84. The third-order valence-electron chi connectivity index (χ3n) is 1.18. The minimum Gasteiger partial charge on any atom is -0.198 e. The molecule has 0 amide bonds. The van der Waals surface area contributed by atoms with Crippen LogP contribution in [0.1, 0.15) is 47.2 Å². The van der Waals surface area contributed by atoms with Crippen molar-refractivity contribution in [1.29, 1.82) is 0 Å². The summed E-state index contributed by atoms with van der Waals surface area (Å²) in [6.07, 6.45) is 1.75. The molecule has 0 saturated heterocycles. The average Bonchev–Trinajstić information content (AvgIpc) is 2.31. The quantitative estimate of drug-likeness (QED) is 0.672. The van der Waals surface area contributed by atoms with Gasteiger partial charge in [-0.15, -0.1) is 0 Å². The van der Waals surface area contributed by atoms with Crippen molar-refractivity contribution in [3.63, 3.8) is 0 Å². The highest BCUT2D eigenvalue weighted by molar-refractivity contribution is 5.04. The fraction of sp³-hybridized carbons (Fsp3) is 0.800. The molecule has 0 atom stereocenters. The standard InChI is InChI=1S/C6H11N3.C4H10/c1-6(2,3)5-4-7-9-8-5;1-4(2)3/h4H,1-3H3,(H,7,8,9);4H,1-3H3. The Morgan fingerprint density at radius 2 is 1.69 bits per heavy atom. The van der Waals surface area contributed by atoms with Crippen molar-refractivity contribution in [2.45, 2.75) is 47.0 Å². The van der Waals surface area contributed by atoms with Crippen molar-refractivity contribution in [2.75, 3.05) is 0 Å². The summed E-state index contributed by atoms with van der Waals surface area (Å²) in [4.78, 5) is 0. The van der Waals surface area contributed by atoms with E-state index in [9.17, 15) is 0 Å². The molecule has 0 aliphatic heterocycles. The Morgan fingerprint density at radius 1 is 1.23 bits per heavy atom. The molecule has 1 N–H and O–H groups in total.